The Bertz CT molecular complexity index is 557. The van der Waals surface area contributed by atoms with E-state index in [-0.39, 0.29) is 35.3 Å². The highest BCUT2D eigenvalue weighted by atomic mass is 127. The second-order valence-corrected chi connectivity index (χ2v) is 5.87. The van der Waals surface area contributed by atoms with Gasteiger partial charge in [-0.25, -0.2) is 4.99 Å². The maximum absolute atomic E-state index is 10.7. The number of nitro benzene ring substituents is 1. The molecule has 24 heavy (non-hydrogen) atoms. The van der Waals surface area contributed by atoms with Gasteiger partial charge in [-0.1, -0.05) is 12.1 Å². The van der Waals surface area contributed by atoms with Gasteiger partial charge in [0.2, 0.25) is 0 Å². The van der Waals surface area contributed by atoms with Gasteiger partial charge in [-0.15, -0.1) is 24.0 Å². The maximum Gasteiger partial charge on any atom is 0.269 e. The molecule has 1 aliphatic heterocycles. The van der Waals surface area contributed by atoms with Crippen molar-refractivity contribution in [2.45, 2.75) is 38.8 Å². The number of hydrogen-bond acceptors (Lipinski definition) is 4. The topological polar surface area (TPSA) is 88.8 Å². The standard InChI is InChI=1S/C16H24N4O3.HI/c1-3-17-15(19-12-16(2)9-4-10-23-16)18-11-13-5-7-14(8-6-13)20(21)22;/h5-8H,3-4,9-12H2,1-2H3,(H2,17,18,19);1H. The number of hydrogen-bond donors (Lipinski definition) is 2. The minimum Gasteiger partial charge on any atom is -0.373 e. The fourth-order valence-electron chi connectivity index (χ4n) is 2.48. The first-order chi connectivity index (χ1) is 11.0. The number of guanidine groups is 1. The summed E-state index contributed by atoms with van der Waals surface area (Å²) in [5.74, 6) is 0.725. The van der Waals surface area contributed by atoms with Crippen molar-refractivity contribution in [2.75, 3.05) is 19.7 Å². The Balaban J connectivity index is 0.00000288. The number of nitrogens with one attached hydrogen (secondary N) is 2. The van der Waals surface area contributed by atoms with E-state index in [4.69, 9.17) is 4.74 Å². The summed E-state index contributed by atoms with van der Waals surface area (Å²) in [5, 5.41) is 17.2. The molecule has 1 aliphatic rings. The van der Waals surface area contributed by atoms with Crippen molar-refractivity contribution < 1.29 is 9.66 Å². The molecule has 1 heterocycles. The van der Waals surface area contributed by atoms with Crippen molar-refractivity contribution in [3.8, 4) is 0 Å². The Labute approximate surface area is 159 Å². The molecule has 1 saturated heterocycles. The zero-order chi connectivity index (χ0) is 16.7. The molecule has 1 atom stereocenters. The Hall–Kier alpha value is -1.42. The van der Waals surface area contributed by atoms with E-state index < -0.39 is 4.92 Å². The van der Waals surface area contributed by atoms with E-state index in [1.807, 2.05) is 6.92 Å². The molecule has 1 aromatic carbocycles. The van der Waals surface area contributed by atoms with Gasteiger partial charge in [-0.05, 0) is 32.3 Å². The number of rotatable bonds is 6. The van der Waals surface area contributed by atoms with E-state index in [0.29, 0.717) is 13.1 Å². The molecule has 2 rings (SSSR count). The fraction of sp³-hybridized carbons (Fsp3) is 0.562. The first-order valence-corrected chi connectivity index (χ1v) is 7.92. The van der Waals surface area contributed by atoms with Gasteiger partial charge in [0.15, 0.2) is 5.96 Å². The maximum atomic E-state index is 10.7. The Morgan fingerprint density at radius 2 is 2.08 bits per heavy atom. The fourth-order valence-corrected chi connectivity index (χ4v) is 2.48. The molecule has 0 aromatic heterocycles. The summed E-state index contributed by atoms with van der Waals surface area (Å²) in [6, 6.07) is 6.45. The van der Waals surface area contributed by atoms with E-state index >= 15 is 0 Å². The van der Waals surface area contributed by atoms with Gasteiger partial charge >= 0.3 is 0 Å². The van der Waals surface area contributed by atoms with Gasteiger partial charge in [-0.3, -0.25) is 10.1 Å². The molecule has 0 spiro atoms. The van der Waals surface area contributed by atoms with E-state index in [2.05, 4.69) is 22.5 Å². The number of non-ortho nitro benzene ring substituents is 1. The first-order valence-electron chi connectivity index (χ1n) is 7.92. The van der Waals surface area contributed by atoms with Crippen LogP contribution in [0.3, 0.4) is 0 Å². The summed E-state index contributed by atoms with van der Waals surface area (Å²) < 4.78 is 5.76. The SMILES string of the molecule is CCNC(=NCc1ccc([N+](=O)[O-])cc1)NCC1(C)CCCO1.I. The average molecular weight is 448 g/mol. The van der Waals surface area contributed by atoms with Crippen LogP contribution in [0.2, 0.25) is 0 Å². The van der Waals surface area contributed by atoms with Crippen LogP contribution in [-0.4, -0.2) is 36.2 Å². The van der Waals surface area contributed by atoms with Crippen molar-refractivity contribution >= 4 is 35.6 Å². The van der Waals surface area contributed by atoms with Crippen LogP contribution in [0.4, 0.5) is 5.69 Å². The Kier molecular flexibility index (Phi) is 8.40. The van der Waals surface area contributed by atoms with E-state index in [1.165, 1.54) is 12.1 Å². The third-order valence-corrected chi connectivity index (χ3v) is 3.84. The molecule has 2 N–H and O–H groups in total. The lowest BCUT2D eigenvalue weighted by Gasteiger charge is -2.24. The van der Waals surface area contributed by atoms with Gasteiger partial charge < -0.3 is 15.4 Å². The van der Waals surface area contributed by atoms with Crippen LogP contribution in [0.15, 0.2) is 29.3 Å². The Morgan fingerprint density at radius 1 is 1.38 bits per heavy atom. The highest BCUT2D eigenvalue weighted by molar-refractivity contribution is 14.0. The zero-order valence-corrected chi connectivity index (χ0v) is 16.4. The first kappa shape index (κ1) is 20.6. The van der Waals surface area contributed by atoms with Crippen LogP contribution in [0.5, 0.6) is 0 Å². The van der Waals surface area contributed by atoms with Crippen LogP contribution in [-0.2, 0) is 11.3 Å². The van der Waals surface area contributed by atoms with Gasteiger partial charge in [0.25, 0.3) is 5.69 Å². The quantitative estimate of drug-likeness (QED) is 0.230. The van der Waals surface area contributed by atoms with Crippen LogP contribution in [0.1, 0.15) is 32.3 Å². The lowest BCUT2D eigenvalue weighted by Crippen LogP contribution is -2.45. The second kappa shape index (κ2) is 9.77. The zero-order valence-electron chi connectivity index (χ0n) is 14.1. The number of nitro groups is 1. The lowest BCUT2D eigenvalue weighted by molar-refractivity contribution is -0.384. The largest absolute Gasteiger partial charge is 0.373 e. The molecular weight excluding hydrogens is 423 g/mol. The summed E-state index contributed by atoms with van der Waals surface area (Å²) in [5.41, 5.74) is 0.883. The van der Waals surface area contributed by atoms with Gasteiger partial charge in [0.05, 0.1) is 17.1 Å². The van der Waals surface area contributed by atoms with Crippen LogP contribution < -0.4 is 10.6 Å². The molecule has 1 fully saturated rings. The van der Waals surface area contributed by atoms with Crippen LogP contribution in [0.25, 0.3) is 0 Å². The van der Waals surface area contributed by atoms with Gasteiger partial charge in [0, 0.05) is 31.8 Å². The van der Waals surface area contributed by atoms with Crippen molar-refractivity contribution in [1.82, 2.24) is 10.6 Å². The normalized spacial score (nSPS) is 20.3. The van der Waals surface area contributed by atoms with E-state index in [9.17, 15) is 10.1 Å². The van der Waals surface area contributed by atoms with E-state index in [0.717, 1.165) is 37.5 Å². The molecule has 8 heteroatoms. The number of halogens is 1. The summed E-state index contributed by atoms with van der Waals surface area (Å²) in [7, 11) is 0. The summed E-state index contributed by atoms with van der Waals surface area (Å²) in [4.78, 5) is 14.8. The summed E-state index contributed by atoms with van der Waals surface area (Å²) in [6.07, 6.45) is 2.14. The average Bonchev–Trinajstić information content (AvgIpc) is 2.97. The van der Waals surface area contributed by atoms with Gasteiger partial charge in [-0.2, -0.15) is 0 Å². The molecule has 1 aromatic rings. The van der Waals surface area contributed by atoms with Crippen molar-refractivity contribution in [1.29, 1.82) is 0 Å². The molecule has 1 unspecified atom stereocenters. The molecule has 134 valence electrons. The summed E-state index contributed by atoms with van der Waals surface area (Å²) >= 11 is 0. The molecule has 0 saturated carbocycles. The third-order valence-electron chi connectivity index (χ3n) is 3.84. The number of ether oxygens (including phenoxy) is 1. The summed E-state index contributed by atoms with van der Waals surface area (Å²) in [6.45, 7) is 6.87. The van der Waals surface area contributed by atoms with Crippen LogP contribution in [0, 0.1) is 10.1 Å². The predicted octanol–water partition coefficient (Wildman–Crippen LogP) is 2.84. The van der Waals surface area contributed by atoms with Crippen molar-refractivity contribution in [3.63, 3.8) is 0 Å². The monoisotopic (exact) mass is 448 g/mol. The predicted molar refractivity (Wildman–Crippen MR) is 105 cm³/mol. The number of benzene rings is 1. The van der Waals surface area contributed by atoms with E-state index in [1.54, 1.807) is 12.1 Å². The van der Waals surface area contributed by atoms with Gasteiger partial charge in [0.1, 0.15) is 0 Å². The van der Waals surface area contributed by atoms with Crippen molar-refractivity contribution in [3.05, 3.63) is 39.9 Å². The third kappa shape index (κ3) is 6.23. The second-order valence-electron chi connectivity index (χ2n) is 5.87. The molecular formula is C16H25IN4O3. The minimum atomic E-state index is -0.402. The molecule has 0 bridgehead atoms. The highest BCUT2D eigenvalue weighted by Gasteiger charge is 2.29. The molecule has 7 nitrogen and oxygen atoms in total. The lowest BCUT2D eigenvalue weighted by atomic mass is 10.0. The minimum absolute atomic E-state index is 0. The van der Waals surface area contributed by atoms with Crippen molar-refractivity contribution in [2.24, 2.45) is 4.99 Å². The number of aliphatic imine (C=N–C) groups is 1. The van der Waals surface area contributed by atoms with Crippen LogP contribution >= 0.6 is 24.0 Å². The molecule has 0 radical (unpaired) electrons. The molecule has 0 amide bonds. The highest BCUT2D eigenvalue weighted by Crippen LogP contribution is 2.23. The Morgan fingerprint density at radius 3 is 2.62 bits per heavy atom. The number of nitrogens with zero attached hydrogens (tertiary/aromatic N) is 2. The smallest absolute Gasteiger partial charge is 0.269 e. The molecule has 0 aliphatic carbocycles.